The van der Waals surface area contributed by atoms with Crippen molar-refractivity contribution < 1.29 is 46.1 Å². The average Bonchev–Trinajstić information content (AvgIpc) is 3.58. The minimum absolute atomic E-state index is 0.00907. The molecule has 206 valence electrons. The Kier molecular flexibility index (Phi) is 7.12. The topological polar surface area (TPSA) is 124 Å². The normalized spacial score (nSPS) is 26.2. The van der Waals surface area contributed by atoms with Crippen molar-refractivity contribution in [2.45, 2.75) is 50.5 Å². The molecule has 2 aliphatic rings. The van der Waals surface area contributed by atoms with Gasteiger partial charge in [-0.05, 0) is 38.0 Å². The van der Waals surface area contributed by atoms with E-state index in [1.54, 1.807) is 0 Å². The lowest BCUT2D eigenvalue weighted by Crippen LogP contribution is -2.47. The summed E-state index contributed by atoms with van der Waals surface area (Å²) in [6.45, 7) is 1.52. The molecule has 1 saturated heterocycles. The number of carbonyl (C=O) groups is 2. The van der Waals surface area contributed by atoms with Gasteiger partial charge in [0.2, 0.25) is 5.82 Å². The van der Waals surface area contributed by atoms with E-state index in [9.17, 15) is 36.6 Å². The summed E-state index contributed by atoms with van der Waals surface area (Å²) in [5.74, 6) is -8.15. The number of amides is 2. The molecule has 2 aromatic rings. The van der Waals surface area contributed by atoms with Crippen LogP contribution in [-0.2, 0) is 9.53 Å². The van der Waals surface area contributed by atoms with Crippen LogP contribution in [0.15, 0.2) is 30.5 Å². The molecule has 4 N–H and O–H groups in total. The molecule has 1 aromatic heterocycles. The number of carbonyl (C=O) groups excluding carboxylic acids is 2. The van der Waals surface area contributed by atoms with Crippen molar-refractivity contribution in [2.75, 3.05) is 18.5 Å². The van der Waals surface area contributed by atoms with Gasteiger partial charge in [-0.1, -0.05) is 13.0 Å². The van der Waals surface area contributed by atoms with Crippen molar-refractivity contribution >= 4 is 17.5 Å². The highest BCUT2D eigenvalue weighted by Gasteiger charge is 2.66. The van der Waals surface area contributed by atoms with Crippen molar-refractivity contribution in [3.05, 3.63) is 53.4 Å². The Morgan fingerprint density at radius 2 is 1.95 bits per heavy atom. The number of pyridine rings is 1. The van der Waals surface area contributed by atoms with Crippen LogP contribution in [0.25, 0.3) is 0 Å². The maximum absolute atomic E-state index is 15.0. The van der Waals surface area contributed by atoms with E-state index in [-0.39, 0.29) is 30.2 Å². The van der Waals surface area contributed by atoms with Gasteiger partial charge in [-0.2, -0.15) is 17.6 Å². The number of alkyl halides is 3. The van der Waals surface area contributed by atoms with Crippen LogP contribution in [0.5, 0.6) is 5.75 Å². The Balaban J connectivity index is 1.75. The summed E-state index contributed by atoms with van der Waals surface area (Å²) in [5, 5.41) is 12.0. The van der Waals surface area contributed by atoms with Gasteiger partial charge in [-0.3, -0.25) is 14.6 Å². The standard InChI is InChI=1S/C25H26F5N3O5/c1-12-17(14-3-4-15(26)18(27)19(14)37-11-24(10-34)6-7-24)20(38-23(12,2)25(28,29)30)22(36)33-13-5-8-32-16(9-13)21(31)35/h3-5,8-9,12,17,20,34H,6-7,10-11H2,1-2H3,(H2,31,35)(H,32,33,36)/t12-,17-,20+,23+/m0/s1. The third kappa shape index (κ3) is 4.92. The predicted octanol–water partition coefficient (Wildman–Crippen LogP) is 3.69. The summed E-state index contributed by atoms with van der Waals surface area (Å²) in [6, 6.07) is 4.23. The Morgan fingerprint density at radius 1 is 1.26 bits per heavy atom. The molecule has 8 nitrogen and oxygen atoms in total. The summed E-state index contributed by atoms with van der Waals surface area (Å²) in [6.07, 6.45) is -4.42. The number of aromatic nitrogens is 1. The molecular formula is C25H26F5N3O5. The number of halogens is 5. The Labute approximate surface area is 214 Å². The number of primary amides is 1. The van der Waals surface area contributed by atoms with Crippen LogP contribution in [0.3, 0.4) is 0 Å². The van der Waals surface area contributed by atoms with Gasteiger partial charge in [-0.15, -0.1) is 0 Å². The number of nitrogens with one attached hydrogen (secondary N) is 1. The van der Waals surface area contributed by atoms with Crippen LogP contribution in [0, 0.1) is 23.0 Å². The third-order valence-electron chi connectivity index (χ3n) is 7.46. The minimum atomic E-state index is -4.93. The molecule has 1 saturated carbocycles. The van der Waals surface area contributed by atoms with E-state index in [1.165, 1.54) is 19.2 Å². The van der Waals surface area contributed by atoms with Gasteiger partial charge >= 0.3 is 6.18 Å². The van der Waals surface area contributed by atoms with Crippen molar-refractivity contribution in [3.63, 3.8) is 0 Å². The van der Waals surface area contributed by atoms with E-state index in [1.807, 2.05) is 0 Å². The number of aliphatic hydroxyl groups is 1. The number of benzene rings is 1. The summed E-state index contributed by atoms with van der Waals surface area (Å²) in [7, 11) is 0. The van der Waals surface area contributed by atoms with Crippen molar-refractivity contribution in [1.82, 2.24) is 4.98 Å². The summed E-state index contributed by atoms with van der Waals surface area (Å²) < 4.78 is 82.7. The second-order valence-corrected chi connectivity index (χ2v) is 9.97. The van der Waals surface area contributed by atoms with Gasteiger partial charge < -0.3 is 25.6 Å². The van der Waals surface area contributed by atoms with Crippen molar-refractivity contribution in [3.8, 4) is 5.75 Å². The van der Waals surface area contributed by atoms with E-state index < -0.39 is 64.3 Å². The number of anilines is 1. The zero-order chi connectivity index (χ0) is 28.0. The zero-order valence-corrected chi connectivity index (χ0v) is 20.4. The van der Waals surface area contributed by atoms with Gasteiger partial charge in [0.25, 0.3) is 11.8 Å². The second-order valence-electron chi connectivity index (χ2n) is 9.97. The Bertz CT molecular complexity index is 1250. The fourth-order valence-electron chi connectivity index (χ4n) is 4.59. The van der Waals surface area contributed by atoms with Crippen LogP contribution >= 0.6 is 0 Å². The largest absolute Gasteiger partial charge is 0.489 e. The molecule has 2 amide bonds. The molecule has 38 heavy (non-hydrogen) atoms. The highest BCUT2D eigenvalue weighted by atomic mass is 19.4. The molecule has 0 spiro atoms. The molecule has 0 radical (unpaired) electrons. The monoisotopic (exact) mass is 543 g/mol. The van der Waals surface area contributed by atoms with Gasteiger partial charge in [0.1, 0.15) is 11.8 Å². The van der Waals surface area contributed by atoms with E-state index >= 15 is 0 Å². The van der Waals surface area contributed by atoms with Gasteiger partial charge in [0, 0.05) is 34.7 Å². The van der Waals surface area contributed by atoms with Crippen LogP contribution in [-0.4, -0.2) is 53.0 Å². The zero-order valence-electron chi connectivity index (χ0n) is 20.4. The minimum Gasteiger partial charge on any atom is -0.489 e. The third-order valence-corrected chi connectivity index (χ3v) is 7.46. The fourth-order valence-corrected chi connectivity index (χ4v) is 4.59. The summed E-state index contributed by atoms with van der Waals surface area (Å²) >= 11 is 0. The maximum Gasteiger partial charge on any atom is 0.417 e. The highest BCUT2D eigenvalue weighted by Crippen LogP contribution is 2.55. The van der Waals surface area contributed by atoms with E-state index in [4.69, 9.17) is 15.2 Å². The van der Waals surface area contributed by atoms with Crippen LogP contribution in [0.1, 0.15) is 48.7 Å². The first-order valence-corrected chi connectivity index (χ1v) is 11.8. The molecule has 0 bridgehead atoms. The lowest BCUT2D eigenvalue weighted by atomic mass is 9.77. The van der Waals surface area contributed by atoms with E-state index in [0.717, 1.165) is 25.1 Å². The van der Waals surface area contributed by atoms with Gasteiger partial charge in [0.05, 0.1) is 13.2 Å². The SMILES string of the molecule is C[C@H]1[C@@H](c2ccc(F)c(F)c2OCC2(CO)CC2)[C@H](C(=O)Nc2ccnc(C(N)=O)c2)O[C@@]1(C)C(F)(F)F. The molecule has 1 aliphatic carbocycles. The molecule has 0 unspecified atom stereocenters. The first-order chi connectivity index (χ1) is 17.7. The van der Waals surface area contributed by atoms with Crippen LogP contribution in [0.2, 0.25) is 0 Å². The van der Waals surface area contributed by atoms with E-state index in [2.05, 4.69) is 10.3 Å². The predicted molar refractivity (Wildman–Crippen MR) is 123 cm³/mol. The first kappa shape index (κ1) is 27.7. The molecule has 1 aliphatic heterocycles. The number of nitrogens with two attached hydrogens (primary N) is 1. The number of ether oxygens (including phenoxy) is 2. The highest BCUT2D eigenvalue weighted by molar-refractivity contribution is 5.97. The smallest absolute Gasteiger partial charge is 0.417 e. The molecule has 1 aromatic carbocycles. The van der Waals surface area contributed by atoms with E-state index in [0.29, 0.717) is 12.8 Å². The molecule has 4 rings (SSSR count). The Hall–Kier alpha value is -3.32. The van der Waals surface area contributed by atoms with Gasteiger partial charge in [0.15, 0.2) is 17.2 Å². The number of hydrogen-bond acceptors (Lipinski definition) is 6. The van der Waals surface area contributed by atoms with Crippen molar-refractivity contribution in [1.29, 1.82) is 0 Å². The molecule has 13 heteroatoms. The molecule has 2 fully saturated rings. The first-order valence-electron chi connectivity index (χ1n) is 11.8. The summed E-state index contributed by atoms with van der Waals surface area (Å²) in [5.41, 5.74) is 1.33. The molecule has 2 heterocycles. The lowest BCUT2D eigenvalue weighted by Gasteiger charge is -2.32. The van der Waals surface area contributed by atoms with Crippen LogP contribution < -0.4 is 15.8 Å². The average molecular weight is 543 g/mol. The molecule has 4 atom stereocenters. The maximum atomic E-state index is 15.0. The number of rotatable bonds is 8. The summed E-state index contributed by atoms with van der Waals surface area (Å²) in [4.78, 5) is 28.5. The molecular weight excluding hydrogens is 517 g/mol. The quantitative estimate of drug-likeness (QED) is 0.437. The fraction of sp³-hybridized carbons (Fsp3) is 0.480. The number of hydrogen-bond donors (Lipinski definition) is 3. The Morgan fingerprint density at radius 3 is 2.53 bits per heavy atom. The van der Waals surface area contributed by atoms with Gasteiger partial charge in [-0.25, -0.2) is 4.39 Å². The second kappa shape index (κ2) is 9.77. The van der Waals surface area contributed by atoms with Crippen molar-refractivity contribution in [2.24, 2.45) is 17.1 Å². The number of nitrogens with zero attached hydrogens (tertiary/aromatic N) is 1. The lowest BCUT2D eigenvalue weighted by molar-refractivity contribution is -0.272. The number of aliphatic hydroxyl groups excluding tert-OH is 1. The van der Waals surface area contributed by atoms with Crippen LogP contribution in [0.4, 0.5) is 27.6 Å².